The number of hydrogen-bond donors (Lipinski definition) is 1. The molecule has 6 nitrogen and oxygen atoms in total. The van der Waals surface area contributed by atoms with Gasteiger partial charge in [-0.3, -0.25) is 4.79 Å². The lowest BCUT2D eigenvalue weighted by molar-refractivity contribution is -0.0498. The molecule has 0 saturated carbocycles. The van der Waals surface area contributed by atoms with E-state index in [1.807, 2.05) is 25.1 Å². The first-order valence-electron chi connectivity index (χ1n) is 7.80. The Hall–Kier alpha value is -3.29. The smallest absolute Gasteiger partial charge is 0.387 e. The van der Waals surface area contributed by atoms with E-state index < -0.39 is 12.5 Å². The Labute approximate surface area is 148 Å². The van der Waals surface area contributed by atoms with Crippen LogP contribution < -0.4 is 10.1 Å². The standard InChI is InChI=1S/C18H16F2N4O2/c1-11-5-3-4-6-15(11)22-17(25)16-21-12(2)24(23-16)13-7-9-14(10-8-13)26-18(19)20/h3-10,18H,1-2H3,(H,22,25). The Bertz CT molecular complexity index is 923. The third-order valence-corrected chi connectivity index (χ3v) is 3.67. The van der Waals surface area contributed by atoms with E-state index in [0.717, 1.165) is 5.56 Å². The second kappa shape index (κ2) is 7.30. The molecule has 3 aromatic rings. The van der Waals surface area contributed by atoms with Gasteiger partial charge in [-0.05, 0) is 49.7 Å². The van der Waals surface area contributed by atoms with Crippen LogP contribution in [0, 0.1) is 13.8 Å². The number of amides is 1. The number of carbonyl (C=O) groups excluding carboxylic acids is 1. The minimum atomic E-state index is -2.88. The van der Waals surface area contributed by atoms with Crippen LogP contribution in [0.2, 0.25) is 0 Å². The summed E-state index contributed by atoms with van der Waals surface area (Å²) in [5.74, 6) is 0.110. The number of ether oxygens (including phenoxy) is 1. The molecule has 2 aromatic carbocycles. The Balaban J connectivity index is 1.80. The van der Waals surface area contributed by atoms with Gasteiger partial charge < -0.3 is 10.1 Å². The van der Waals surface area contributed by atoms with E-state index in [1.54, 1.807) is 25.1 Å². The maximum absolute atomic E-state index is 12.4. The molecule has 0 saturated heterocycles. The third-order valence-electron chi connectivity index (χ3n) is 3.67. The fourth-order valence-electron chi connectivity index (χ4n) is 2.39. The lowest BCUT2D eigenvalue weighted by Gasteiger charge is -2.06. The van der Waals surface area contributed by atoms with Crippen LogP contribution in [0.3, 0.4) is 0 Å². The van der Waals surface area contributed by atoms with Crippen molar-refractivity contribution in [3.63, 3.8) is 0 Å². The number of aromatic nitrogens is 3. The van der Waals surface area contributed by atoms with Crippen molar-refractivity contribution in [1.29, 1.82) is 0 Å². The number of hydrogen-bond acceptors (Lipinski definition) is 4. The normalized spacial score (nSPS) is 10.8. The fourth-order valence-corrected chi connectivity index (χ4v) is 2.39. The van der Waals surface area contributed by atoms with E-state index in [1.165, 1.54) is 16.8 Å². The summed E-state index contributed by atoms with van der Waals surface area (Å²) >= 11 is 0. The van der Waals surface area contributed by atoms with Crippen molar-refractivity contribution in [3.8, 4) is 11.4 Å². The van der Waals surface area contributed by atoms with Gasteiger partial charge in [0.25, 0.3) is 5.91 Å². The molecular formula is C18H16F2N4O2. The molecule has 0 unspecified atom stereocenters. The highest BCUT2D eigenvalue weighted by molar-refractivity contribution is 6.01. The summed E-state index contributed by atoms with van der Waals surface area (Å²) < 4.78 is 30.2. The summed E-state index contributed by atoms with van der Waals surface area (Å²) in [5.41, 5.74) is 2.18. The predicted molar refractivity (Wildman–Crippen MR) is 91.9 cm³/mol. The monoisotopic (exact) mass is 358 g/mol. The molecule has 3 rings (SSSR count). The Morgan fingerprint density at radius 3 is 2.46 bits per heavy atom. The van der Waals surface area contributed by atoms with Crippen molar-refractivity contribution in [2.24, 2.45) is 0 Å². The molecule has 0 aliphatic carbocycles. The van der Waals surface area contributed by atoms with Gasteiger partial charge in [-0.1, -0.05) is 18.2 Å². The Kier molecular flexibility index (Phi) is 4.92. The maximum atomic E-state index is 12.4. The second-order valence-electron chi connectivity index (χ2n) is 5.54. The average Bonchev–Trinajstić information content (AvgIpc) is 2.99. The van der Waals surface area contributed by atoms with Crippen molar-refractivity contribution in [1.82, 2.24) is 14.8 Å². The Morgan fingerprint density at radius 2 is 1.81 bits per heavy atom. The van der Waals surface area contributed by atoms with Gasteiger partial charge in [-0.25, -0.2) is 9.67 Å². The number of alkyl halides is 2. The van der Waals surface area contributed by atoms with Gasteiger partial charge in [-0.15, -0.1) is 5.10 Å². The lowest BCUT2D eigenvalue weighted by atomic mass is 10.2. The fraction of sp³-hybridized carbons (Fsp3) is 0.167. The van der Waals surface area contributed by atoms with Crippen molar-refractivity contribution in [2.75, 3.05) is 5.32 Å². The molecule has 0 aliphatic heterocycles. The average molecular weight is 358 g/mol. The molecule has 0 spiro atoms. The van der Waals surface area contributed by atoms with E-state index in [-0.39, 0.29) is 11.6 Å². The van der Waals surface area contributed by atoms with Crippen molar-refractivity contribution < 1.29 is 18.3 Å². The molecule has 0 aliphatic rings. The van der Waals surface area contributed by atoms with Crippen LogP contribution in [-0.4, -0.2) is 27.3 Å². The van der Waals surface area contributed by atoms with Crippen LogP contribution in [0.4, 0.5) is 14.5 Å². The summed E-state index contributed by atoms with van der Waals surface area (Å²) in [6.07, 6.45) is 0. The molecule has 1 amide bonds. The summed E-state index contributed by atoms with van der Waals surface area (Å²) in [5, 5.41) is 6.97. The molecule has 1 aromatic heterocycles. The molecule has 1 heterocycles. The maximum Gasteiger partial charge on any atom is 0.387 e. The molecule has 0 bridgehead atoms. The van der Waals surface area contributed by atoms with Gasteiger partial charge in [0.15, 0.2) is 0 Å². The molecule has 134 valence electrons. The number of para-hydroxylation sites is 1. The second-order valence-corrected chi connectivity index (χ2v) is 5.54. The van der Waals surface area contributed by atoms with Gasteiger partial charge in [0.05, 0.1) is 5.69 Å². The van der Waals surface area contributed by atoms with Crippen LogP contribution >= 0.6 is 0 Å². The highest BCUT2D eigenvalue weighted by Crippen LogP contribution is 2.18. The van der Waals surface area contributed by atoms with Crippen LogP contribution in [0.25, 0.3) is 5.69 Å². The SMILES string of the molecule is Cc1ccccc1NC(=O)c1nc(C)n(-c2ccc(OC(F)F)cc2)n1. The summed E-state index contributed by atoms with van der Waals surface area (Å²) in [4.78, 5) is 16.6. The van der Waals surface area contributed by atoms with Crippen molar-refractivity contribution in [2.45, 2.75) is 20.5 Å². The van der Waals surface area contributed by atoms with Crippen LogP contribution in [-0.2, 0) is 0 Å². The largest absolute Gasteiger partial charge is 0.435 e. The van der Waals surface area contributed by atoms with Gasteiger partial charge in [-0.2, -0.15) is 8.78 Å². The molecule has 8 heteroatoms. The zero-order chi connectivity index (χ0) is 18.7. The van der Waals surface area contributed by atoms with E-state index in [9.17, 15) is 13.6 Å². The molecule has 0 fully saturated rings. The molecular weight excluding hydrogens is 342 g/mol. The minimum Gasteiger partial charge on any atom is -0.435 e. The number of rotatable bonds is 5. The molecule has 0 radical (unpaired) electrons. The highest BCUT2D eigenvalue weighted by Gasteiger charge is 2.16. The topological polar surface area (TPSA) is 69.0 Å². The first-order chi connectivity index (χ1) is 12.4. The summed E-state index contributed by atoms with van der Waals surface area (Å²) in [7, 11) is 0. The number of anilines is 1. The van der Waals surface area contributed by atoms with E-state index in [2.05, 4.69) is 20.1 Å². The van der Waals surface area contributed by atoms with E-state index in [4.69, 9.17) is 0 Å². The zero-order valence-corrected chi connectivity index (χ0v) is 14.1. The first kappa shape index (κ1) is 17.5. The number of halogens is 2. The first-order valence-corrected chi connectivity index (χ1v) is 7.80. The van der Waals surface area contributed by atoms with Crippen molar-refractivity contribution in [3.05, 3.63) is 65.7 Å². The minimum absolute atomic E-state index is 0.0126. The van der Waals surface area contributed by atoms with Crippen LogP contribution in [0.15, 0.2) is 48.5 Å². The zero-order valence-electron chi connectivity index (χ0n) is 14.1. The quantitative estimate of drug-likeness (QED) is 0.754. The van der Waals surface area contributed by atoms with Crippen LogP contribution in [0.5, 0.6) is 5.75 Å². The number of benzene rings is 2. The number of aryl methyl sites for hydroxylation is 2. The highest BCUT2D eigenvalue weighted by atomic mass is 19.3. The van der Waals surface area contributed by atoms with Gasteiger partial charge in [0, 0.05) is 5.69 Å². The Morgan fingerprint density at radius 1 is 1.12 bits per heavy atom. The predicted octanol–water partition coefficient (Wildman–Crippen LogP) is 3.74. The molecule has 26 heavy (non-hydrogen) atoms. The van der Waals surface area contributed by atoms with E-state index >= 15 is 0 Å². The van der Waals surface area contributed by atoms with E-state index in [0.29, 0.717) is 17.2 Å². The molecule has 1 N–H and O–H groups in total. The van der Waals surface area contributed by atoms with Crippen LogP contribution in [0.1, 0.15) is 22.0 Å². The number of nitrogens with one attached hydrogen (secondary N) is 1. The van der Waals surface area contributed by atoms with Gasteiger partial charge >= 0.3 is 6.61 Å². The van der Waals surface area contributed by atoms with Gasteiger partial charge in [0.1, 0.15) is 11.6 Å². The van der Waals surface area contributed by atoms with Gasteiger partial charge in [0.2, 0.25) is 5.82 Å². The number of carbonyl (C=O) groups is 1. The lowest BCUT2D eigenvalue weighted by Crippen LogP contribution is -2.15. The molecule has 0 atom stereocenters. The number of nitrogens with zero attached hydrogens (tertiary/aromatic N) is 3. The van der Waals surface area contributed by atoms with Crippen molar-refractivity contribution >= 4 is 11.6 Å². The third kappa shape index (κ3) is 3.85. The summed E-state index contributed by atoms with van der Waals surface area (Å²) in [6.45, 7) is 0.697. The summed E-state index contributed by atoms with van der Waals surface area (Å²) in [6, 6.07) is 13.3.